The lowest BCUT2D eigenvalue weighted by molar-refractivity contribution is -0.134. The van der Waals surface area contributed by atoms with Gasteiger partial charge < -0.3 is 14.5 Å². The van der Waals surface area contributed by atoms with Crippen molar-refractivity contribution in [2.75, 3.05) is 25.9 Å². The van der Waals surface area contributed by atoms with Gasteiger partial charge in [-0.2, -0.15) is 4.31 Å². The van der Waals surface area contributed by atoms with Crippen molar-refractivity contribution in [1.82, 2.24) is 28.7 Å². The number of imidazole rings is 2. The van der Waals surface area contributed by atoms with Crippen LogP contribution in [-0.2, 0) is 33.3 Å². The summed E-state index contributed by atoms with van der Waals surface area (Å²) in [6.45, 7) is 1.70. The monoisotopic (exact) mass is 378 g/mol. The summed E-state index contributed by atoms with van der Waals surface area (Å²) in [5.41, 5.74) is 1.16. The lowest BCUT2D eigenvalue weighted by Crippen LogP contribution is -2.58. The molecule has 1 spiro atoms. The van der Waals surface area contributed by atoms with Crippen molar-refractivity contribution >= 4 is 15.9 Å². The van der Waals surface area contributed by atoms with Crippen molar-refractivity contribution in [3.05, 3.63) is 36.4 Å². The third kappa shape index (κ3) is 2.82. The van der Waals surface area contributed by atoms with Crippen molar-refractivity contribution in [1.29, 1.82) is 0 Å². The fraction of sp³-hybridized carbons (Fsp3) is 0.562. The molecule has 2 aliphatic rings. The molecule has 0 radical (unpaired) electrons. The maximum atomic E-state index is 12.5. The molecular formula is C16H22N6O3S. The molecule has 0 bridgehead atoms. The van der Waals surface area contributed by atoms with Gasteiger partial charge in [0.05, 0.1) is 30.1 Å². The Bertz CT molecular complexity index is 896. The fourth-order valence-electron chi connectivity index (χ4n) is 4.19. The van der Waals surface area contributed by atoms with Crippen LogP contribution in [0.15, 0.2) is 25.0 Å². The molecule has 10 heteroatoms. The average Bonchev–Trinajstić information content (AvgIpc) is 3.26. The highest BCUT2D eigenvalue weighted by atomic mass is 32.2. The van der Waals surface area contributed by atoms with Crippen LogP contribution in [0.5, 0.6) is 0 Å². The molecular weight excluding hydrogens is 356 g/mol. The first kappa shape index (κ1) is 17.2. The van der Waals surface area contributed by atoms with Crippen molar-refractivity contribution in [2.45, 2.75) is 31.3 Å². The average molecular weight is 378 g/mol. The zero-order valence-electron chi connectivity index (χ0n) is 14.6. The molecule has 0 aromatic carbocycles. The highest BCUT2D eigenvalue weighted by Crippen LogP contribution is 2.43. The van der Waals surface area contributed by atoms with Crippen LogP contribution in [-0.4, -0.2) is 68.9 Å². The van der Waals surface area contributed by atoms with Crippen LogP contribution in [0.3, 0.4) is 0 Å². The van der Waals surface area contributed by atoms with Gasteiger partial charge in [-0.1, -0.05) is 0 Å². The van der Waals surface area contributed by atoms with Crippen LogP contribution in [0.2, 0.25) is 0 Å². The molecule has 1 fully saturated rings. The Hall–Kier alpha value is -2.20. The van der Waals surface area contributed by atoms with Gasteiger partial charge in [0, 0.05) is 44.1 Å². The molecule has 2 aromatic rings. The number of sulfonamides is 1. The van der Waals surface area contributed by atoms with Crippen LogP contribution in [0.1, 0.15) is 24.2 Å². The van der Waals surface area contributed by atoms with E-state index in [9.17, 15) is 13.2 Å². The van der Waals surface area contributed by atoms with Crippen molar-refractivity contribution in [3.8, 4) is 0 Å². The lowest BCUT2D eigenvalue weighted by Gasteiger charge is -2.49. The largest absolute Gasteiger partial charge is 0.348 e. The summed E-state index contributed by atoms with van der Waals surface area (Å²) in [5.74, 6) is 0.0156. The topological polar surface area (TPSA) is 104 Å². The van der Waals surface area contributed by atoms with Gasteiger partial charge in [-0.3, -0.25) is 4.79 Å². The highest BCUT2D eigenvalue weighted by Gasteiger charge is 2.50. The van der Waals surface area contributed by atoms with Gasteiger partial charge in [0.1, 0.15) is 6.54 Å². The molecule has 0 saturated carbocycles. The SMILES string of the molecule is CS(=O)(=O)N1CCc2[nH]cnc2C12CCN(C(=O)Cn1ccnc1)CC2. The number of nitrogens with one attached hydrogen (secondary N) is 1. The van der Waals surface area contributed by atoms with Crippen molar-refractivity contribution in [2.24, 2.45) is 0 Å². The summed E-state index contributed by atoms with van der Waals surface area (Å²) in [5, 5.41) is 0. The second-order valence-electron chi connectivity index (χ2n) is 6.96. The van der Waals surface area contributed by atoms with E-state index in [0.29, 0.717) is 38.9 Å². The van der Waals surface area contributed by atoms with Crippen molar-refractivity contribution in [3.63, 3.8) is 0 Å². The number of H-pyrrole nitrogens is 1. The number of hydrogen-bond donors (Lipinski definition) is 1. The maximum Gasteiger partial charge on any atom is 0.242 e. The number of amides is 1. The Labute approximate surface area is 152 Å². The summed E-state index contributed by atoms with van der Waals surface area (Å²) in [4.78, 5) is 25.9. The number of likely N-dealkylation sites (tertiary alicyclic amines) is 1. The Kier molecular flexibility index (Phi) is 4.11. The molecule has 140 valence electrons. The van der Waals surface area contributed by atoms with Crippen LogP contribution >= 0.6 is 0 Å². The predicted octanol–water partition coefficient (Wildman–Crippen LogP) is -0.0582. The Morgan fingerprint density at radius 2 is 2.08 bits per heavy atom. The predicted molar refractivity (Wildman–Crippen MR) is 93.6 cm³/mol. The number of aromatic nitrogens is 4. The molecule has 26 heavy (non-hydrogen) atoms. The maximum absolute atomic E-state index is 12.5. The van der Waals surface area contributed by atoms with E-state index in [4.69, 9.17) is 0 Å². The van der Waals surface area contributed by atoms with E-state index in [1.807, 2.05) is 0 Å². The number of carbonyl (C=O) groups is 1. The minimum absolute atomic E-state index is 0.0156. The lowest BCUT2D eigenvalue weighted by atomic mass is 9.80. The number of carbonyl (C=O) groups excluding carboxylic acids is 1. The number of piperidine rings is 1. The third-order valence-corrected chi connectivity index (χ3v) is 6.75. The van der Waals surface area contributed by atoms with Gasteiger partial charge in [0.15, 0.2) is 0 Å². The normalized spacial score (nSPS) is 20.3. The summed E-state index contributed by atoms with van der Waals surface area (Å²) in [6, 6.07) is 0. The standard InChI is InChI=1S/C16H22N6O3S/c1-26(24,25)22-6-2-13-15(19-11-18-13)16(22)3-7-21(8-4-16)14(23)10-20-9-5-17-12-20/h5,9,11-12H,2-4,6-8,10H2,1H3,(H,18,19). The number of aromatic amines is 1. The fourth-order valence-corrected chi connectivity index (χ4v) is 5.52. The van der Waals surface area contributed by atoms with Gasteiger partial charge in [-0.05, 0) is 12.8 Å². The number of hydrogen-bond acceptors (Lipinski definition) is 5. The Balaban J connectivity index is 1.56. The first-order chi connectivity index (χ1) is 12.4. The van der Waals surface area contributed by atoms with E-state index >= 15 is 0 Å². The van der Waals surface area contributed by atoms with Crippen molar-refractivity contribution < 1.29 is 13.2 Å². The van der Waals surface area contributed by atoms with E-state index < -0.39 is 15.6 Å². The molecule has 0 aliphatic carbocycles. The second-order valence-corrected chi connectivity index (χ2v) is 8.87. The first-order valence-corrected chi connectivity index (χ1v) is 10.5. The molecule has 4 rings (SSSR count). The van der Waals surface area contributed by atoms with E-state index in [2.05, 4.69) is 15.0 Å². The molecule has 1 saturated heterocycles. The summed E-state index contributed by atoms with van der Waals surface area (Å²) in [6.07, 6.45) is 9.63. The van der Waals surface area contributed by atoms with Gasteiger partial charge in [0.2, 0.25) is 15.9 Å². The van der Waals surface area contributed by atoms with Gasteiger partial charge in [0.25, 0.3) is 0 Å². The van der Waals surface area contributed by atoms with Gasteiger partial charge in [-0.15, -0.1) is 0 Å². The van der Waals surface area contributed by atoms with Gasteiger partial charge >= 0.3 is 0 Å². The number of fused-ring (bicyclic) bond motifs is 2. The zero-order valence-corrected chi connectivity index (χ0v) is 15.4. The quantitative estimate of drug-likeness (QED) is 0.806. The zero-order chi connectivity index (χ0) is 18.4. The molecule has 0 unspecified atom stereocenters. The van der Waals surface area contributed by atoms with E-state index in [1.54, 1.807) is 38.8 Å². The summed E-state index contributed by atoms with van der Waals surface area (Å²) >= 11 is 0. The third-order valence-electron chi connectivity index (χ3n) is 5.42. The summed E-state index contributed by atoms with van der Waals surface area (Å²) < 4.78 is 28.2. The minimum atomic E-state index is -3.37. The van der Waals surface area contributed by atoms with Gasteiger partial charge in [-0.25, -0.2) is 18.4 Å². The molecule has 9 nitrogen and oxygen atoms in total. The molecule has 1 amide bonds. The number of rotatable bonds is 3. The second kappa shape index (κ2) is 6.20. The van der Waals surface area contributed by atoms with Crippen LogP contribution in [0, 0.1) is 0 Å². The number of nitrogens with zero attached hydrogens (tertiary/aromatic N) is 5. The van der Waals surface area contributed by atoms with E-state index in [1.165, 1.54) is 6.26 Å². The van der Waals surface area contributed by atoms with E-state index in [-0.39, 0.29) is 12.5 Å². The smallest absolute Gasteiger partial charge is 0.242 e. The first-order valence-electron chi connectivity index (χ1n) is 8.64. The molecule has 1 N–H and O–H groups in total. The van der Waals surface area contributed by atoms with E-state index in [0.717, 1.165) is 11.4 Å². The Morgan fingerprint density at radius 3 is 2.73 bits per heavy atom. The molecule has 0 atom stereocenters. The van der Waals surface area contributed by atoms with Crippen LogP contribution < -0.4 is 0 Å². The Morgan fingerprint density at radius 1 is 1.31 bits per heavy atom. The minimum Gasteiger partial charge on any atom is -0.348 e. The summed E-state index contributed by atoms with van der Waals surface area (Å²) in [7, 11) is -3.37. The molecule has 2 aromatic heterocycles. The molecule has 4 heterocycles. The van der Waals surface area contributed by atoms with Crippen LogP contribution in [0.4, 0.5) is 0 Å². The highest BCUT2D eigenvalue weighted by molar-refractivity contribution is 7.88. The molecule has 2 aliphatic heterocycles. The van der Waals surface area contributed by atoms with Crippen LogP contribution in [0.25, 0.3) is 0 Å².